The lowest BCUT2D eigenvalue weighted by Gasteiger charge is -2.43. The van der Waals surface area contributed by atoms with Crippen molar-refractivity contribution < 1.29 is 4.43 Å². The van der Waals surface area contributed by atoms with Gasteiger partial charge in [0.1, 0.15) is 0 Å². The Labute approximate surface area is 153 Å². The predicted molar refractivity (Wildman–Crippen MR) is 110 cm³/mol. The molecule has 132 valence electrons. The average molecular weight is 351 g/mol. The van der Waals surface area contributed by atoms with Gasteiger partial charge in [0, 0.05) is 6.61 Å². The second-order valence-corrected chi connectivity index (χ2v) is 12.7. The minimum absolute atomic E-state index is 0.0588. The second-order valence-electron chi connectivity index (χ2n) is 8.42. The Morgan fingerprint density at radius 1 is 1.00 bits per heavy atom. The lowest BCUT2D eigenvalue weighted by Crippen LogP contribution is -2.66. The molecule has 0 saturated heterocycles. The van der Waals surface area contributed by atoms with E-state index in [0.29, 0.717) is 11.8 Å². The van der Waals surface area contributed by atoms with Crippen LogP contribution in [0.4, 0.5) is 0 Å². The summed E-state index contributed by atoms with van der Waals surface area (Å²) in [5.41, 5.74) is 1.30. The van der Waals surface area contributed by atoms with Gasteiger partial charge in [0.05, 0.1) is 0 Å². The smallest absolute Gasteiger partial charge is 0.261 e. The van der Waals surface area contributed by atoms with E-state index >= 15 is 0 Å². The molecule has 0 spiro atoms. The van der Waals surface area contributed by atoms with Gasteiger partial charge in [-0.2, -0.15) is 0 Å². The van der Waals surface area contributed by atoms with E-state index in [2.05, 4.69) is 94.9 Å². The van der Waals surface area contributed by atoms with Crippen molar-refractivity contribution in [1.29, 1.82) is 0 Å². The fourth-order valence-corrected chi connectivity index (χ4v) is 8.65. The van der Waals surface area contributed by atoms with Crippen LogP contribution in [-0.2, 0) is 4.43 Å². The molecule has 2 atom stereocenters. The van der Waals surface area contributed by atoms with Crippen molar-refractivity contribution in [1.82, 2.24) is 0 Å². The Hall–Kier alpha value is -1.64. The second kappa shape index (κ2) is 6.93. The maximum atomic E-state index is 6.97. The summed E-state index contributed by atoms with van der Waals surface area (Å²) in [6, 6.07) is 21.8. The lowest BCUT2D eigenvalue weighted by molar-refractivity contribution is 0.276. The van der Waals surface area contributed by atoms with Crippen LogP contribution in [0.15, 0.2) is 72.8 Å². The fraction of sp³-hybridized carbons (Fsp3) is 0.391. The Morgan fingerprint density at radius 3 is 1.84 bits per heavy atom. The predicted octanol–water partition coefficient (Wildman–Crippen LogP) is 4.78. The maximum Gasteiger partial charge on any atom is 0.261 e. The highest BCUT2D eigenvalue weighted by molar-refractivity contribution is 6.99. The van der Waals surface area contributed by atoms with Crippen molar-refractivity contribution >= 4 is 18.7 Å². The first kappa shape index (κ1) is 18.2. The maximum absolute atomic E-state index is 6.97. The van der Waals surface area contributed by atoms with Crippen LogP contribution in [0.5, 0.6) is 0 Å². The largest absolute Gasteiger partial charge is 0.407 e. The van der Waals surface area contributed by atoms with Crippen LogP contribution in [0, 0.1) is 11.8 Å². The zero-order valence-electron chi connectivity index (χ0n) is 16.0. The first-order valence-electron chi connectivity index (χ1n) is 9.26. The zero-order chi connectivity index (χ0) is 18.1. The van der Waals surface area contributed by atoms with E-state index < -0.39 is 8.32 Å². The van der Waals surface area contributed by atoms with Gasteiger partial charge in [-0.3, -0.25) is 0 Å². The number of hydrogen-bond acceptors (Lipinski definition) is 1. The van der Waals surface area contributed by atoms with Gasteiger partial charge >= 0.3 is 0 Å². The third kappa shape index (κ3) is 3.51. The fourth-order valence-electron chi connectivity index (χ4n) is 4.03. The number of rotatable bonds is 6. The monoisotopic (exact) mass is 350 g/mol. The molecule has 0 amide bonds. The molecule has 0 unspecified atom stereocenters. The minimum Gasteiger partial charge on any atom is -0.407 e. The van der Waals surface area contributed by atoms with Gasteiger partial charge in [0.15, 0.2) is 0 Å². The summed E-state index contributed by atoms with van der Waals surface area (Å²) in [4.78, 5) is 0. The molecular formula is C23H30OSi. The van der Waals surface area contributed by atoms with Gasteiger partial charge in [-0.15, -0.1) is 0 Å². The van der Waals surface area contributed by atoms with Crippen molar-refractivity contribution in [3.05, 3.63) is 72.8 Å². The van der Waals surface area contributed by atoms with Gasteiger partial charge < -0.3 is 4.43 Å². The van der Waals surface area contributed by atoms with E-state index in [1.807, 2.05) is 0 Å². The quantitative estimate of drug-likeness (QED) is 0.538. The highest BCUT2D eigenvalue weighted by atomic mass is 28.4. The molecule has 0 aromatic heterocycles. The first-order chi connectivity index (χ1) is 11.9. The topological polar surface area (TPSA) is 9.23 Å². The Balaban J connectivity index is 2.02. The Bertz CT molecular complexity index is 675. The molecule has 0 radical (unpaired) electrons. The van der Waals surface area contributed by atoms with Crippen LogP contribution >= 0.6 is 0 Å². The summed E-state index contributed by atoms with van der Waals surface area (Å²) in [5.74, 6) is 1.29. The summed E-state index contributed by atoms with van der Waals surface area (Å²) >= 11 is 0. The van der Waals surface area contributed by atoms with Crippen molar-refractivity contribution in [2.75, 3.05) is 6.61 Å². The van der Waals surface area contributed by atoms with Gasteiger partial charge in [-0.05, 0) is 40.6 Å². The van der Waals surface area contributed by atoms with Crippen LogP contribution in [0.1, 0.15) is 34.1 Å². The molecule has 2 aromatic carbocycles. The van der Waals surface area contributed by atoms with E-state index in [1.54, 1.807) is 0 Å². The van der Waals surface area contributed by atoms with Gasteiger partial charge in [0.25, 0.3) is 8.32 Å². The molecule has 3 rings (SSSR count). The summed E-state index contributed by atoms with van der Waals surface area (Å²) < 4.78 is 6.97. The zero-order valence-corrected chi connectivity index (χ0v) is 17.0. The molecule has 1 nitrogen and oxygen atoms in total. The highest BCUT2D eigenvalue weighted by Gasteiger charge is 2.51. The van der Waals surface area contributed by atoms with Crippen LogP contribution in [0.2, 0.25) is 5.04 Å². The molecule has 1 aliphatic carbocycles. The lowest BCUT2D eigenvalue weighted by atomic mass is 10.2. The van der Waals surface area contributed by atoms with E-state index in [-0.39, 0.29) is 5.04 Å². The molecule has 2 aromatic rings. The number of allylic oxidation sites excluding steroid dienone is 1. The molecule has 1 aliphatic rings. The Kier molecular flexibility index (Phi) is 5.03. The molecule has 0 aliphatic heterocycles. The van der Waals surface area contributed by atoms with Gasteiger partial charge in [-0.1, -0.05) is 93.6 Å². The molecule has 25 heavy (non-hydrogen) atoms. The summed E-state index contributed by atoms with van der Waals surface area (Å²) in [6.07, 6.45) is 1.23. The third-order valence-electron chi connectivity index (χ3n) is 5.49. The number of hydrogen-bond donors (Lipinski definition) is 0. The van der Waals surface area contributed by atoms with E-state index in [0.717, 1.165) is 6.61 Å². The molecule has 0 N–H and O–H groups in total. The van der Waals surface area contributed by atoms with Crippen LogP contribution in [0.3, 0.4) is 0 Å². The molecular weight excluding hydrogens is 320 g/mol. The highest BCUT2D eigenvalue weighted by Crippen LogP contribution is 2.45. The molecule has 1 fully saturated rings. The van der Waals surface area contributed by atoms with Crippen LogP contribution < -0.4 is 10.4 Å². The van der Waals surface area contributed by atoms with Crippen molar-refractivity contribution in [3.8, 4) is 0 Å². The van der Waals surface area contributed by atoms with E-state index in [4.69, 9.17) is 4.43 Å². The normalized spacial score (nSPS) is 20.3. The van der Waals surface area contributed by atoms with Crippen LogP contribution in [0.25, 0.3) is 0 Å². The van der Waals surface area contributed by atoms with E-state index in [1.165, 1.54) is 22.4 Å². The van der Waals surface area contributed by atoms with Crippen molar-refractivity contribution in [2.45, 2.75) is 39.2 Å². The molecule has 1 saturated carbocycles. The minimum atomic E-state index is -2.37. The third-order valence-corrected chi connectivity index (χ3v) is 10.5. The van der Waals surface area contributed by atoms with E-state index in [9.17, 15) is 0 Å². The van der Waals surface area contributed by atoms with Crippen LogP contribution in [-0.4, -0.2) is 14.9 Å². The summed E-state index contributed by atoms with van der Waals surface area (Å²) in [7, 11) is -2.37. The average Bonchev–Trinajstić information content (AvgIpc) is 3.36. The molecule has 0 bridgehead atoms. The molecule has 2 heteroatoms. The first-order valence-corrected chi connectivity index (χ1v) is 11.2. The summed E-state index contributed by atoms with van der Waals surface area (Å²) in [5, 5.41) is 2.78. The Morgan fingerprint density at radius 2 is 1.48 bits per heavy atom. The van der Waals surface area contributed by atoms with Gasteiger partial charge in [0.2, 0.25) is 0 Å². The summed E-state index contributed by atoms with van der Waals surface area (Å²) in [6.45, 7) is 14.1. The molecule has 0 heterocycles. The van der Waals surface area contributed by atoms with Crippen molar-refractivity contribution in [3.63, 3.8) is 0 Å². The van der Waals surface area contributed by atoms with Crippen molar-refractivity contribution in [2.24, 2.45) is 11.8 Å². The van der Waals surface area contributed by atoms with Gasteiger partial charge in [-0.25, -0.2) is 0 Å². The standard InChI is InChI=1S/C23H30OSi/c1-18(2)22-16-19(22)17-24-25(23(3,4)5,20-12-8-6-9-13-20)21-14-10-7-11-15-21/h6-15,19,22H,1,16-17H2,2-5H3/t19-,22-/m0/s1. The number of benzene rings is 2. The SMILES string of the molecule is C=C(C)[C@@H]1C[C@H]1CO[Si](c1ccccc1)(c1ccccc1)C(C)(C)C.